The molecule has 2 fully saturated rings. The lowest BCUT2D eigenvalue weighted by atomic mass is 10.1. The lowest BCUT2D eigenvalue weighted by Gasteiger charge is -2.27. The van der Waals surface area contributed by atoms with Crippen LogP contribution in [0.3, 0.4) is 0 Å². The van der Waals surface area contributed by atoms with Gasteiger partial charge < -0.3 is 19.4 Å². The molecule has 0 saturated carbocycles. The van der Waals surface area contributed by atoms with Crippen LogP contribution < -0.4 is 4.90 Å². The van der Waals surface area contributed by atoms with Crippen LogP contribution in [0.15, 0.2) is 22.9 Å². The van der Waals surface area contributed by atoms with E-state index in [0.29, 0.717) is 24.7 Å². The van der Waals surface area contributed by atoms with Gasteiger partial charge in [0.1, 0.15) is 11.9 Å². The first kappa shape index (κ1) is 17.0. The first-order valence-corrected chi connectivity index (χ1v) is 9.12. The second kappa shape index (κ2) is 7.03. The highest BCUT2D eigenvalue weighted by Crippen LogP contribution is 2.32. The summed E-state index contributed by atoms with van der Waals surface area (Å²) in [6.07, 6.45) is 5.25. The molecule has 2 aliphatic heterocycles. The van der Waals surface area contributed by atoms with Gasteiger partial charge in [0.15, 0.2) is 0 Å². The fourth-order valence-electron chi connectivity index (χ4n) is 3.74. The van der Waals surface area contributed by atoms with Crippen molar-refractivity contribution in [1.29, 1.82) is 0 Å². The number of rotatable bonds is 3. The van der Waals surface area contributed by atoms with Gasteiger partial charge in [-0.25, -0.2) is 4.98 Å². The number of aliphatic hydroxyl groups excluding tert-OH is 1. The van der Waals surface area contributed by atoms with E-state index in [1.54, 1.807) is 11.1 Å². The number of aromatic nitrogens is 3. The largest absolute Gasteiger partial charge is 0.391 e. The Morgan fingerprint density at radius 2 is 2.12 bits per heavy atom. The third-order valence-electron chi connectivity index (χ3n) is 5.09. The molecule has 1 amide bonds. The molecular formula is C18H23N5O3. The van der Waals surface area contributed by atoms with E-state index < -0.39 is 6.10 Å². The van der Waals surface area contributed by atoms with Crippen molar-refractivity contribution in [1.82, 2.24) is 20.0 Å². The van der Waals surface area contributed by atoms with Gasteiger partial charge in [-0.15, -0.1) is 0 Å². The third kappa shape index (κ3) is 3.29. The van der Waals surface area contributed by atoms with Gasteiger partial charge in [-0.05, 0) is 31.4 Å². The second-order valence-corrected chi connectivity index (χ2v) is 6.98. The topological polar surface area (TPSA) is 95.6 Å². The average Bonchev–Trinajstić information content (AvgIpc) is 3.29. The van der Waals surface area contributed by atoms with Gasteiger partial charge in [0.2, 0.25) is 17.6 Å². The summed E-state index contributed by atoms with van der Waals surface area (Å²) in [4.78, 5) is 24.6. The van der Waals surface area contributed by atoms with E-state index in [1.165, 1.54) is 26.2 Å². The van der Waals surface area contributed by atoms with Gasteiger partial charge in [0.05, 0.1) is 6.10 Å². The molecule has 0 aromatic carbocycles. The number of hydrogen-bond acceptors (Lipinski definition) is 7. The molecule has 1 N–H and O–H groups in total. The van der Waals surface area contributed by atoms with Crippen molar-refractivity contribution in [2.24, 2.45) is 0 Å². The normalized spacial score (nSPS) is 23.5. The molecule has 0 radical (unpaired) electrons. The van der Waals surface area contributed by atoms with Gasteiger partial charge in [-0.2, -0.15) is 4.98 Å². The van der Waals surface area contributed by atoms with Crippen LogP contribution in [0.25, 0.3) is 11.4 Å². The Hall–Kier alpha value is -2.48. The Balaban J connectivity index is 1.57. The van der Waals surface area contributed by atoms with Crippen LogP contribution in [0.2, 0.25) is 0 Å². The van der Waals surface area contributed by atoms with E-state index in [4.69, 9.17) is 4.52 Å². The van der Waals surface area contributed by atoms with Crippen molar-refractivity contribution >= 4 is 11.7 Å². The highest BCUT2D eigenvalue weighted by Gasteiger charge is 2.37. The van der Waals surface area contributed by atoms with Gasteiger partial charge in [0, 0.05) is 44.7 Å². The summed E-state index contributed by atoms with van der Waals surface area (Å²) < 4.78 is 5.42. The minimum Gasteiger partial charge on any atom is -0.391 e. The zero-order valence-corrected chi connectivity index (χ0v) is 14.8. The lowest BCUT2D eigenvalue weighted by molar-refractivity contribution is -0.130. The first-order chi connectivity index (χ1) is 12.6. The van der Waals surface area contributed by atoms with Crippen LogP contribution in [-0.4, -0.2) is 56.8 Å². The number of aliphatic hydroxyl groups is 1. The van der Waals surface area contributed by atoms with Crippen LogP contribution >= 0.6 is 0 Å². The predicted octanol–water partition coefficient (Wildman–Crippen LogP) is 1.78. The summed E-state index contributed by atoms with van der Waals surface area (Å²) in [5.41, 5.74) is 0.837. The van der Waals surface area contributed by atoms with Crippen LogP contribution in [0.4, 0.5) is 5.82 Å². The Kier molecular flexibility index (Phi) is 4.58. The third-order valence-corrected chi connectivity index (χ3v) is 5.09. The second-order valence-electron chi connectivity index (χ2n) is 6.98. The molecule has 4 rings (SSSR count). The molecule has 2 aromatic heterocycles. The van der Waals surface area contributed by atoms with Crippen molar-refractivity contribution in [2.45, 2.75) is 44.8 Å². The maximum atomic E-state index is 11.8. The SMILES string of the molecule is CC(=O)N1C[C@H](O)C[C@H]1c1nc(-c2ccnc(N3CCCCC3)c2)no1. The summed E-state index contributed by atoms with van der Waals surface area (Å²) in [6.45, 7) is 3.81. The minimum atomic E-state index is -0.564. The van der Waals surface area contributed by atoms with Crippen LogP contribution in [0.5, 0.6) is 0 Å². The number of amides is 1. The predicted molar refractivity (Wildman–Crippen MR) is 94.3 cm³/mol. The van der Waals surface area contributed by atoms with E-state index in [9.17, 15) is 9.90 Å². The van der Waals surface area contributed by atoms with E-state index in [0.717, 1.165) is 24.5 Å². The summed E-state index contributed by atoms with van der Waals surface area (Å²) in [7, 11) is 0. The number of carbonyl (C=O) groups excluding carboxylic acids is 1. The highest BCUT2D eigenvalue weighted by atomic mass is 16.5. The molecule has 4 heterocycles. The minimum absolute atomic E-state index is 0.109. The molecule has 0 bridgehead atoms. The molecule has 2 aliphatic rings. The Morgan fingerprint density at radius 3 is 2.88 bits per heavy atom. The lowest BCUT2D eigenvalue weighted by Crippen LogP contribution is -2.30. The number of likely N-dealkylation sites (tertiary alicyclic amines) is 1. The number of piperidine rings is 1. The van der Waals surface area contributed by atoms with Crippen LogP contribution in [0, 0.1) is 0 Å². The zero-order chi connectivity index (χ0) is 18.1. The molecule has 8 heteroatoms. The van der Waals surface area contributed by atoms with Crippen molar-refractivity contribution in [2.75, 3.05) is 24.5 Å². The number of hydrogen-bond donors (Lipinski definition) is 1. The Bertz CT molecular complexity index is 787. The highest BCUT2D eigenvalue weighted by molar-refractivity contribution is 5.74. The monoisotopic (exact) mass is 357 g/mol. The smallest absolute Gasteiger partial charge is 0.249 e. The summed E-state index contributed by atoms with van der Waals surface area (Å²) in [5, 5.41) is 14.0. The van der Waals surface area contributed by atoms with E-state index in [1.807, 2.05) is 12.1 Å². The summed E-state index contributed by atoms with van der Waals surface area (Å²) in [5.74, 6) is 1.66. The van der Waals surface area contributed by atoms with E-state index in [2.05, 4.69) is 20.0 Å². The van der Waals surface area contributed by atoms with Crippen molar-refractivity contribution in [3.63, 3.8) is 0 Å². The van der Waals surface area contributed by atoms with Gasteiger partial charge in [0.25, 0.3) is 0 Å². The number of nitrogens with zero attached hydrogens (tertiary/aromatic N) is 5. The molecule has 2 aromatic rings. The molecule has 26 heavy (non-hydrogen) atoms. The van der Waals surface area contributed by atoms with Crippen molar-refractivity contribution in [3.05, 3.63) is 24.2 Å². The zero-order valence-electron chi connectivity index (χ0n) is 14.8. The molecule has 138 valence electrons. The van der Waals surface area contributed by atoms with Crippen LogP contribution in [0.1, 0.15) is 44.5 Å². The molecule has 2 saturated heterocycles. The molecular weight excluding hydrogens is 334 g/mol. The average molecular weight is 357 g/mol. The number of carbonyl (C=O) groups is 1. The molecule has 2 atom stereocenters. The fraction of sp³-hybridized carbons (Fsp3) is 0.556. The standard InChI is InChI=1S/C18H23N5O3/c1-12(24)23-11-14(25)10-15(23)18-20-17(21-26-18)13-5-6-19-16(9-13)22-7-3-2-4-8-22/h5-6,9,14-15,25H,2-4,7-8,10-11H2,1H3/t14-,15+/m1/s1. The van der Waals surface area contributed by atoms with Gasteiger partial charge >= 0.3 is 0 Å². The van der Waals surface area contributed by atoms with Crippen molar-refractivity contribution < 1.29 is 14.4 Å². The van der Waals surface area contributed by atoms with Gasteiger partial charge in [-0.1, -0.05) is 5.16 Å². The quantitative estimate of drug-likeness (QED) is 0.894. The van der Waals surface area contributed by atoms with Gasteiger partial charge in [-0.3, -0.25) is 4.79 Å². The number of pyridine rings is 1. The molecule has 0 aliphatic carbocycles. The summed E-state index contributed by atoms with van der Waals surface area (Å²) in [6, 6.07) is 3.47. The molecule has 0 unspecified atom stereocenters. The Morgan fingerprint density at radius 1 is 1.31 bits per heavy atom. The van der Waals surface area contributed by atoms with Crippen molar-refractivity contribution in [3.8, 4) is 11.4 Å². The van der Waals surface area contributed by atoms with Crippen LogP contribution in [-0.2, 0) is 4.79 Å². The first-order valence-electron chi connectivity index (χ1n) is 9.12. The molecule has 8 nitrogen and oxygen atoms in total. The number of β-amino-alcohol motifs (C(OH)–C–C–N with tert-alkyl or cyclic N) is 1. The van der Waals surface area contributed by atoms with E-state index >= 15 is 0 Å². The maximum Gasteiger partial charge on any atom is 0.249 e. The maximum absolute atomic E-state index is 11.8. The molecule has 0 spiro atoms. The summed E-state index contributed by atoms with van der Waals surface area (Å²) >= 11 is 0. The van der Waals surface area contributed by atoms with E-state index in [-0.39, 0.29) is 11.9 Å². The number of anilines is 1. The fourth-order valence-corrected chi connectivity index (χ4v) is 3.74. The Labute approximate surface area is 151 Å².